The molecule has 0 radical (unpaired) electrons. The van der Waals surface area contributed by atoms with Gasteiger partial charge in [-0.25, -0.2) is 4.79 Å². The molecule has 0 spiro atoms. The van der Waals surface area contributed by atoms with Crippen LogP contribution in [0.3, 0.4) is 0 Å². The predicted octanol–water partition coefficient (Wildman–Crippen LogP) is 2.57. The molecule has 6 heteroatoms. The number of carboxylic acid groups (broad SMARTS) is 1. The van der Waals surface area contributed by atoms with Gasteiger partial charge in [-0.05, 0) is 24.6 Å². The van der Waals surface area contributed by atoms with Gasteiger partial charge >= 0.3 is 5.97 Å². The molecule has 0 aliphatic carbocycles. The lowest BCUT2D eigenvalue weighted by atomic mass is 10.2. The van der Waals surface area contributed by atoms with E-state index in [-0.39, 0.29) is 18.7 Å². The lowest BCUT2D eigenvalue weighted by Crippen LogP contribution is -2.38. The molecule has 0 aromatic heterocycles. The zero-order valence-electron chi connectivity index (χ0n) is 8.69. The maximum atomic E-state index is 11.7. The Kier molecular flexibility index (Phi) is 3.26. The molecule has 0 bridgehead atoms. The van der Waals surface area contributed by atoms with Crippen molar-refractivity contribution in [3.8, 4) is 0 Å². The van der Waals surface area contributed by atoms with E-state index in [1.807, 2.05) is 0 Å². The highest BCUT2D eigenvalue weighted by Crippen LogP contribution is 2.34. The van der Waals surface area contributed by atoms with Crippen LogP contribution in [0.4, 0.5) is 5.69 Å². The number of carbonyl (C=O) groups excluding carboxylic acids is 1. The van der Waals surface area contributed by atoms with Crippen LogP contribution >= 0.6 is 23.2 Å². The van der Waals surface area contributed by atoms with Crippen molar-refractivity contribution in [2.45, 2.75) is 18.9 Å². The first-order chi connectivity index (χ1) is 8.00. The summed E-state index contributed by atoms with van der Waals surface area (Å²) in [5, 5.41) is 9.78. The van der Waals surface area contributed by atoms with E-state index in [1.165, 1.54) is 11.0 Å². The van der Waals surface area contributed by atoms with Gasteiger partial charge in [-0.15, -0.1) is 0 Å². The minimum absolute atomic E-state index is 0.208. The van der Waals surface area contributed by atoms with Crippen LogP contribution in [-0.2, 0) is 9.59 Å². The Hall–Kier alpha value is -1.26. The first kappa shape index (κ1) is 12.2. The Balaban J connectivity index is 2.46. The highest BCUT2D eigenvalue weighted by atomic mass is 35.5. The van der Waals surface area contributed by atoms with Gasteiger partial charge in [-0.2, -0.15) is 0 Å². The third-order valence-electron chi connectivity index (χ3n) is 2.66. The van der Waals surface area contributed by atoms with Crippen molar-refractivity contribution >= 4 is 40.8 Å². The molecule has 4 nitrogen and oxygen atoms in total. The minimum atomic E-state index is -1.04. The van der Waals surface area contributed by atoms with Crippen LogP contribution in [0.2, 0.25) is 10.0 Å². The van der Waals surface area contributed by atoms with Crippen LogP contribution in [-0.4, -0.2) is 23.0 Å². The number of nitrogens with zero attached hydrogens (tertiary/aromatic N) is 1. The van der Waals surface area contributed by atoms with Crippen LogP contribution in [0.25, 0.3) is 0 Å². The van der Waals surface area contributed by atoms with Crippen LogP contribution in [0.15, 0.2) is 18.2 Å². The van der Waals surface area contributed by atoms with Crippen molar-refractivity contribution in [2.75, 3.05) is 4.90 Å². The fourth-order valence-corrected chi connectivity index (χ4v) is 2.27. The molecule has 1 heterocycles. The average Bonchev–Trinajstić information content (AvgIpc) is 2.64. The number of carbonyl (C=O) groups is 2. The Morgan fingerprint density at radius 3 is 2.76 bits per heavy atom. The molecular formula is C11H9Cl2NO3. The summed E-state index contributed by atoms with van der Waals surface area (Å²) < 4.78 is 0. The SMILES string of the molecule is O=C(O)C1CCC(=O)N1c1cc(Cl)ccc1Cl. The molecule has 1 aromatic carbocycles. The van der Waals surface area contributed by atoms with Crippen LogP contribution in [0.1, 0.15) is 12.8 Å². The summed E-state index contributed by atoms with van der Waals surface area (Å²) in [6, 6.07) is 3.77. The average molecular weight is 274 g/mol. The van der Waals surface area contributed by atoms with E-state index < -0.39 is 12.0 Å². The second-order valence-electron chi connectivity index (χ2n) is 3.75. The topological polar surface area (TPSA) is 57.6 Å². The first-order valence-electron chi connectivity index (χ1n) is 5.00. The lowest BCUT2D eigenvalue weighted by molar-refractivity contribution is -0.138. The van der Waals surface area contributed by atoms with Gasteiger partial charge in [0, 0.05) is 11.4 Å². The van der Waals surface area contributed by atoms with E-state index in [0.29, 0.717) is 15.7 Å². The third-order valence-corrected chi connectivity index (χ3v) is 3.22. The fraction of sp³-hybridized carbons (Fsp3) is 0.273. The second-order valence-corrected chi connectivity index (χ2v) is 4.60. The molecule has 1 amide bonds. The molecule has 0 saturated carbocycles. The number of benzene rings is 1. The maximum Gasteiger partial charge on any atom is 0.326 e. The van der Waals surface area contributed by atoms with Gasteiger partial charge in [0.15, 0.2) is 0 Å². The number of aliphatic carboxylic acids is 1. The largest absolute Gasteiger partial charge is 0.480 e. The van der Waals surface area contributed by atoms with Gasteiger partial charge in [0.25, 0.3) is 0 Å². The summed E-state index contributed by atoms with van der Waals surface area (Å²) in [6.45, 7) is 0. The van der Waals surface area contributed by atoms with Gasteiger partial charge < -0.3 is 5.11 Å². The summed E-state index contributed by atoms with van der Waals surface area (Å²) in [5.74, 6) is -1.28. The summed E-state index contributed by atoms with van der Waals surface area (Å²) in [6.07, 6.45) is 0.497. The van der Waals surface area contributed by atoms with E-state index in [1.54, 1.807) is 12.1 Å². The second kappa shape index (κ2) is 4.55. The molecule has 1 saturated heterocycles. The molecule has 17 heavy (non-hydrogen) atoms. The molecule has 1 aromatic rings. The van der Waals surface area contributed by atoms with Gasteiger partial charge in [0.2, 0.25) is 5.91 Å². The zero-order chi connectivity index (χ0) is 12.6. The monoisotopic (exact) mass is 273 g/mol. The van der Waals surface area contributed by atoms with Crippen molar-refractivity contribution in [1.82, 2.24) is 0 Å². The van der Waals surface area contributed by atoms with E-state index in [2.05, 4.69) is 0 Å². The molecular weight excluding hydrogens is 265 g/mol. The fourth-order valence-electron chi connectivity index (χ4n) is 1.89. The lowest BCUT2D eigenvalue weighted by Gasteiger charge is -2.22. The van der Waals surface area contributed by atoms with Crippen LogP contribution in [0.5, 0.6) is 0 Å². The molecule has 1 unspecified atom stereocenters. The number of rotatable bonds is 2. The Morgan fingerprint density at radius 2 is 2.12 bits per heavy atom. The molecule has 90 valence electrons. The quantitative estimate of drug-likeness (QED) is 0.901. The van der Waals surface area contributed by atoms with E-state index >= 15 is 0 Å². The molecule has 1 atom stereocenters. The first-order valence-corrected chi connectivity index (χ1v) is 5.76. The van der Waals surface area contributed by atoms with Crippen molar-refractivity contribution in [1.29, 1.82) is 0 Å². The Bertz CT molecular complexity index is 490. The van der Waals surface area contributed by atoms with E-state index in [9.17, 15) is 9.59 Å². The van der Waals surface area contributed by atoms with Crippen molar-refractivity contribution in [2.24, 2.45) is 0 Å². The van der Waals surface area contributed by atoms with E-state index in [4.69, 9.17) is 28.3 Å². The summed E-state index contributed by atoms with van der Waals surface area (Å²) in [5.41, 5.74) is 0.356. The summed E-state index contributed by atoms with van der Waals surface area (Å²) in [4.78, 5) is 24.0. The Morgan fingerprint density at radius 1 is 1.41 bits per heavy atom. The van der Waals surface area contributed by atoms with Crippen molar-refractivity contribution in [3.63, 3.8) is 0 Å². The van der Waals surface area contributed by atoms with Gasteiger partial charge in [0.1, 0.15) is 6.04 Å². The minimum Gasteiger partial charge on any atom is -0.480 e. The number of halogens is 2. The Labute approximate surface area is 108 Å². The summed E-state index contributed by atoms with van der Waals surface area (Å²) >= 11 is 11.8. The highest BCUT2D eigenvalue weighted by Gasteiger charge is 2.38. The van der Waals surface area contributed by atoms with Crippen LogP contribution in [0, 0.1) is 0 Å². The number of hydrogen-bond acceptors (Lipinski definition) is 2. The van der Waals surface area contributed by atoms with Crippen molar-refractivity contribution < 1.29 is 14.7 Å². The van der Waals surface area contributed by atoms with Gasteiger partial charge in [-0.3, -0.25) is 9.69 Å². The molecule has 1 aliphatic heterocycles. The normalized spacial score (nSPS) is 19.8. The zero-order valence-corrected chi connectivity index (χ0v) is 10.2. The number of hydrogen-bond donors (Lipinski definition) is 1. The van der Waals surface area contributed by atoms with Crippen LogP contribution < -0.4 is 4.90 Å². The maximum absolute atomic E-state index is 11.7. The molecule has 1 fully saturated rings. The molecule has 1 aliphatic rings. The predicted molar refractivity (Wildman–Crippen MR) is 64.6 cm³/mol. The summed E-state index contributed by atoms with van der Waals surface area (Å²) in [7, 11) is 0. The highest BCUT2D eigenvalue weighted by molar-refractivity contribution is 6.36. The van der Waals surface area contributed by atoms with Gasteiger partial charge in [0.05, 0.1) is 10.7 Å². The number of amides is 1. The number of carboxylic acids is 1. The van der Waals surface area contributed by atoms with E-state index in [0.717, 1.165) is 0 Å². The molecule has 1 N–H and O–H groups in total. The standard InChI is InChI=1S/C11H9Cl2NO3/c12-6-1-2-7(13)9(5-6)14-8(11(16)17)3-4-10(14)15/h1-2,5,8H,3-4H2,(H,16,17). The third kappa shape index (κ3) is 2.23. The van der Waals surface area contributed by atoms with Crippen molar-refractivity contribution in [3.05, 3.63) is 28.2 Å². The molecule has 2 rings (SSSR count). The number of anilines is 1. The smallest absolute Gasteiger partial charge is 0.326 e. The van der Waals surface area contributed by atoms with Gasteiger partial charge in [-0.1, -0.05) is 23.2 Å².